The number of furan rings is 1. The molecule has 2 aromatic carbocycles. The van der Waals surface area contributed by atoms with Crippen LogP contribution >= 0.6 is 0 Å². The van der Waals surface area contributed by atoms with Gasteiger partial charge in [0.1, 0.15) is 11.2 Å². The molecule has 0 N–H and O–H groups in total. The lowest BCUT2D eigenvalue weighted by Gasteiger charge is -2.00. The number of aryl methyl sites for hydroxylation is 1. The summed E-state index contributed by atoms with van der Waals surface area (Å²) in [6.07, 6.45) is 3.62. The van der Waals surface area contributed by atoms with E-state index in [0.717, 1.165) is 22.3 Å². The van der Waals surface area contributed by atoms with Gasteiger partial charge >= 0.3 is 0 Å². The third-order valence-electron chi connectivity index (χ3n) is 3.72. The van der Waals surface area contributed by atoms with Gasteiger partial charge in [0, 0.05) is 23.2 Å². The first-order valence-electron chi connectivity index (χ1n) is 6.65. The summed E-state index contributed by atoms with van der Waals surface area (Å²) in [5, 5.41) is 2.39. The molecule has 0 saturated heterocycles. The molecule has 2 aromatic heterocycles. The van der Waals surface area contributed by atoms with Gasteiger partial charge in [-0.05, 0) is 53.9 Å². The normalized spacial score (nSPS) is 11.2. The van der Waals surface area contributed by atoms with Crippen LogP contribution in [0.5, 0.6) is 0 Å². The van der Waals surface area contributed by atoms with E-state index in [2.05, 4.69) is 36.2 Å². The molecule has 0 bridgehead atoms. The number of nitrogens with zero attached hydrogens (tertiary/aromatic N) is 1. The standard InChI is InChI=1S/C18H13NO/c1-12-3-2-4-16-18(12)15-6-5-14(11-17(15)20-16)13-7-9-19-10-8-13/h2-11H,1H3. The molecule has 0 aliphatic heterocycles. The molecule has 0 fully saturated rings. The van der Waals surface area contributed by atoms with Crippen LogP contribution in [-0.4, -0.2) is 4.98 Å². The van der Waals surface area contributed by atoms with Crippen molar-refractivity contribution in [2.45, 2.75) is 6.92 Å². The second-order valence-corrected chi connectivity index (χ2v) is 5.00. The molecule has 0 spiro atoms. The molecule has 2 nitrogen and oxygen atoms in total. The van der Waals surface area contributed by atoms with Gasteiger partial charge in [-0.1, -0.05) is 18.2 Å². The van der Waals surface area contributed by atoms with Crippen LogP contribution in [0, 0.1) is 6.92 Å². The molecular formula is C18H13NO. The molecule has 0 unspecified atom stereocenters. The average Bonchev–Trinajstić information content (AvgIpc) is 2.87. The van der Waals surface area contributed by atoms with Crippen LogP contribution in [0.4, 0.5) is 0 Å². The highest BCUT2D eigenvalue weighted by Crippen LogP contribution is 2.33. The van der Waals surface area contributed by atoms with E-state index in [1.165, 1.54) is 16.3 Å². The van der Waals surface area contributed by atoms with Crippen LogP contribution in [0.15, 0.2) is 65.3 Å². The second-order valence-electron chi connectivity index (χ2n) is 5.00. The van der Waals surface area contributed by atoms with Crippen molar-refractivity contribution in [3.8, 4) is 11.1 Å². The van der Waals surface area contributed by atoms with Crippen molar-refractivity contribution < 1.29 is 4.42 Å². The Labute approximate surface area is 116 Å². The molecule has 2 heteroatoms. The topological polar surface area (TPSA) is 26.0 Å². The van der Waals surface area contributed by atoms with Crippen molar-refractivity contribution in [1.29, 1.82) is 0 Å². The Bertz CT molecular complexity index is 907. The molecule has 20 heavy (non-hydrogen) atoms. The fourth-order valence-corrected chi connectivity index (χ4v) is 2.73. The summed E-state index contributed by atoms with van der Waals surface area (Å²) in [5.74, 6) is 0. The fraction of sp³-hybridized carbons (Fsp3) is 0.0556. The molecule has 2 heterocycles. The van der Waals surface area contributed by atoms with E-state index in [1.807, 2.05) is 36.7 Å². The van der Waals surface area contributed by atoms with Gasteiger partial charge < -0.3 is 4.42 Å². The molecule has 4 rings (SSSR count). The van der Waals surface area contributed by atoms with Crippen molar-refractivity contribution in [1.82, 2.24) is 4.98 Å². The summed E-state index contributed by atoms with van der Waals surface area (Å²) in [7, 11) is 0. The van der Waals surface area contributed by atoms with Crippen LogP contribution in [-0.2, 0) is 0 Å². The minimum atomic E-state index is 0.934. The van der Waals surface area contributed by atoms with Gasteiger partial charge in [0.25, 0.3) is 0 Å². The van der Waals surface area contributed by atoms with Gasteiger partial charge in [0.2, 0.25) is 0 Å². The minimum absolute atomic E-state index is 0.934. The summed E-state index contributed by atoms with van der Waals surface area (Å²) >= 11 is 0. The minimum Gasteiger partial charge on any atom is -0.456 e. The summed E-state index contributed by atoms with van der Waals surface area (Å²) < 4.78 is 5.98. The lowest BCUT2D eigenvalue weighted by Crippen LogP contribution is -1.78. The van der Waals surface area contributed by atoms with Crippen molar-refractivity contribution in [2.24, 2.45) is 0 Å². The Morgan fingerprint density at radius 1 is 0.850 bits per heavy atom. The highest BCUT2D eigenvalue weighted by Gasteiger charge is 2.09. The van der Waals surface area contributed by atoms with Gasteiger partial charge in [-0.2, -0.15) is 0 Å². The maximum atomic E-state index is 5.98. The zero-order chi connectivity index (χ0) is 13.5. The molecule has 4 aromatic rings. The highest BCUT2D eigenvalue weighted by atomic mass is 16.3. The number of benzene rings is 2. The second kappa shape index (κ2) is 4.20. The lowest BCUT2D eigenvalue weighted by atomic mass is 10.0. The van der Waals surface area contributed by atoms with Gasteiger partial charge in [0.05, 0.1) is 0 Å². The van der Waals surface area contributed by atoms with Crippen LogP contribution in [0.25, 0.3) is 33.1 Å². The summed E-state index contributed by atoms with van der Waals surface area (Å²) in [5.41, 5.74) is 5.43. The molecule has 0 aliphatic rings. The zero-order valence-corrected chi connectivity index (χ0v) is 11.1. The maximum Gasteiger partial charge on any atom is 0.136 e. The Morgan fingerprint density at radius 2 is 1.70 bits per heavy atom. The van der Waals surface area contributed by atoms with Gasteiger partial charge in [-0.25, -0.2) is 0 Å². The SMILES string of the molecule is Cc1cccc2oc3cc(-c4ccncc4)ccc3c12. The van der Waals surface area contributed by atoms with Crippen molar-refractivity contribution in [3.63, 3.8) is 0 Å². The number of fused-ring (bicyclic) bond motifs is 3. The van der Waals surface area contributed by atoms with Crippen molar-refractivity contribution in [2.75, 3.05) is 0 Å². The van der Waals surface area contributed by atoms with E-state index in [-0.39, 0.29) is 0 Å². The van der Waals surface area contributed by atoms with Crippen LogP contribution < -0.4 is 0 Å². The van der Waals surface area contributed by atoms with Crippen molar-refractivity contribution >= 4 is 21.9 Å². The number of hydrogen-bond donors (Lipinski definition) is 0. The monoisotopic (exact) mass is 259 g/mol. The van der Waals surface area contributed by atoms with E-state index in [0.29, 0.717) is 0 Å². The highest BCUT2D eigenvalue weighted by molar-refractivity contribution is 6.07. The van der Waals surface area contributed by atoms with E-state index >= 15 is 0 Å². The first kappa shape index (κ1) is 11.2. The van der Waals surface area contributed by atoms with Crippen LogP contribution in [0.1, 0.15) is 5.56 Å². The number of pyridine rings is 1. The predicted molar refractivity (Wildman–Crippen MR) is 81.7 cm³/mol. The number of aromatic nitrogens is 1. The van der Waals surface area contributed by atoms with Crippen molar-refractivity contribution in [3.05, 3.63) is 66.5 Å². The lowest BCUT2D eigenvalue weighted by molar-refractivity contribution is 0.669. The smallest absolute Gasteiger partial charge is 0.136 e. The molecule has 96 valence electrons. The van der Waals surface area contributed by atoms with Gasteiger partial charge in [-0.15, -0.1) is 0 Å². The Hall–Kier alpha value is -2.61. The molecule has 0 amide bonds. The van der Waals surface area contributed by atoms with Gasteiger partial charge in [-0.3, -0.25) is 4.98 Å². The van der Waals surface area contributed by atoms with E-state index in [9.17, 15) is 0 Å². The molecular weight excluding hydrogens is 246 g/mol. The van der Waals surface area contributed by atoms with E-state index in [1.54, 1.807) is 0 Å². The first-order chi connectivity index (χ1) is 9.83. The maximum absolute atomic E-state index is 5.98. The molecule has 0 atom stereocenters. The fourth-order valence-electron chi connectivity index (χ4n) is 2.73. The Morgan fingerprint density at radius 3 is 2.55 bits per heavy atom. The zero-order valence-electron chi connectivity index (χ0n) is 11.1. The van der Waals surface area contributed by atoms with Gasteiger partial charge in [0.15, 0.2) is 0 Å². The third-order valence-corrected chi connectivity index (χ3v) is 3.72. The molecule has 0 radical (unpaired) electrons. The molecule has 0 saturated carbocycles. The first-order valence-corrected chi connectivity index (χ1v) is 6.65. The average molecular weight is 259 g/mol. The third kappa shape index (κ3) is 1.62. The summed E-state index contributed by atoms with van der Waals surface area (Å²) in [6.45, 7) is 2.12. The van der Waals surface area contributed by atoms with E-state index < -0.39 is 0 Å². The van der Waals surface area contributed by atoms with Crippen LogP contribution in [0.3, 0.4) is 0 Å². The number of hydrogen-bond acceptors (Lipinski definition) is 2. The Kier molecular flexibility index (Phi) is 2.36. The largest absolute Gasteiger partial charge is 0.456 e. The number of rotatable bonds is 1. The van der Waals surface area contributed by atoms with Crippen LogP contribution in [0.2, 0.25) is 0 Å². The quantitative estimate of drug-likeness (QED) is 0.483. The predicted octanol–water partition coefficient (Wildman–Crippen LogP) is 4.96. The summed E-state index contributed by atoms with van der Waals surface area (Å²) in [4.78, 5) is 4.06. The van der Waals surface area contributed by atoms with E-state index in [4.69, 9.17) is 4.42 Å². The summed E-state index contributed by atoms with van der Waals surface area (Å²) in [6, 6.07) is 16.6. The Balaban J connectivity index is 2.01. The molecule has 0 aliphatic carbocycles.